The summed E-state index contributed by atoms with van der Waals surface area (Å²) in [4.78, 5) is 4.79. The van der Waals surface area contributed by atoms with Crippen molar-refractivity contribution in [1.29, 1.82) is 0 Å². The van der Waals surface area contributed by atoms with Crippen molar-refractivity contribution < 1.29 is 0 Å². The lowest BCUT2D eigenvalue weighted by atomic mass is 9.91. The number of hydrogen-bond donors (Lipinski definition) is 0. The fourth-order valence-electron chi connectivity index (χ4n) is 4.79. The first-order chi connectivity index (χ1) is 15.9. The molecule has 2 aromatic heterocycles. The van der Waals surface area contributed by atoms with Gasteiger partial charge < -0.3 is 0 Å². The summed E-state index contributed by atoms with van der Waals surface area (Å²) in [6.45, 7) is 13.8. The number of aromatic nitrogens is 2. The van der Waals surface area contributed by atoms with Crippen molar-refractivity contribution in [2.24, 2.45) is 0 Å². The minimum Gasteiger partial charge on any atom is -0.299 e. The lowest BCUT2D eigenvalue weighted by Crippen LogP contribution is -2.03. The Kier molecular flexibility index (Phi) is 5.62. The number of imidazole rings is 1. The van der Waals surface area contributed by atoms with Gasteiger partial charge in [-0.3, -0.25) is 4.57 Å². The Labute approximate surface area is 200 Å². The molecule has 0 saturated heterocycles. The summed E-state index contributed by atoms with van der Waals surface area (Å²) in [5.41, 5.74) is 6.66. The summed E-state index contributed by atoms with van der Waals surface area (Å²) in [5, 5.41) is 2.75. The van der Waals surface area contributed by atoms with Crippen LogP contribution in [0.2, 0.25) is 0 Å². The highest BCUT2D eigenvalue weighted by atomic mass is 32.1. The van der Waals surface area contributed by atoms with E-state index < -0.39 is 0 Å². The van der Waals surface area contributed by atoms with Crippen LogP contribution in [0.15, 0.2) is 67.0 Å². The van der Waals surface area contributed by atoms with Crippen LogP contribution in [0.3, 0.4) is 0 Å². The van der Waals surface area contributed by atoms with Crippen LogP contribution in [-0.2, 0) is 0 Å². The van der Waals surface area contributed by atoms with Crippen molar-refractivity contribution in [3.05, 3.63) is 83.7 Å². The topological polar surface area (TPSA) is 17.8 Å². The summed E-state index contributed by atoms with van der Waals surface area (Å²) >= 11 is 1.94. The molecule has 0 saturated carbocycles. The highest BCUT2D eigenvalue weighted by Gasteiger charge is 2.22. The zero-order chi connectivity index (χ0) is 23.3. The molecule has 0 aliphatic rings. The highest BCUT2D eigenvalue weighted by molar-refractivity contribution is 7.26. The molecule has 5 rings (SSSR count). The maximum absolute atomic E-state index is 4.79. The quantitative estimate of drug-likeness (QED) is 0.260. The van der Waals surface area contributed by atoms with Gasteiger partial charge in [0.15, 0.2) is 0 Å². The van der Waals surface area contributed by atoms with Crippen molar-refractivity contribution in [2.75, 3.05) is 0 Å². The minimum absolute atomic E-state index is 0.406. The van der Waals surface area contributed by atoms with Crippen LogP contribution in [0, 0.1) is 0 Å². The van der Waals surface area contributed by atoms with Gasteiger partial charge in [-0.1, -0.05) is 84.0 Å². The van der Waals surface area contributed by atoms with E-state index in [9.17, 15) is 0 Å². The van der Waals surface area contributed by atoms with E-state index in [1.54, 1.807) is 0 Å². The third-order valence-electron chi connectivity index (χ3n) is 6.62. The fraction of sp³-hybridized carbons (Fsp3) is 0.300. The van der Waals surface area contributed by atoms with Crippen LogP contribution in [-0.4, -0.2) is 9.55 Å². The van der Waals surface area contributed by atoms with Crippen LogP contribution in [0.1, 0.15) is 76.0 Å². The third kappa shape index (κ3) is 3.69. The molecule has 33 heavy (non-hydrogen) atoms. The molecule has 0 atom stereocenters. The Hall–Kier alpha value is -2.91. The van der Waals surface area contributed by atoms with Crippen molar-refractivity contribution in [3.8, 4) is 17.1 Å². The van der Waals surface area contributed by atoms with Gasteiger partial charge in [-0.15, -0.1) is 11.3 Å². The second kappa shape index (κ2) is 8.46. The van der Waals surface area contributed by atoms with Gasteiger partial charge in [0, 0.05) is 38.1 Å². The fourth-order valence-corrected chi connectivity index (χ4v) is 6.14. The lowest BCUT2D eigenvalue weighted by molar-refractivity contribution is 0.842. The van der Waals surface area contributed by atoms with E-state index in [0.29, 0.717) is 17.8 Å². The van der Waals surface area contributed by atoms with Crippen molar-refractivity contribution in [2.45, 2.75) is 59.3 Å². The largest absolute Gasteiger partial charge is 0.299 e. The Morgan fingerprint density at radius 1 is 0.788 bits per heavy atom. The number of thiophene rings is 1. The molecule has 0 bridgehead atoms. The number of fused-ring (bicyclic) bond motifs is 3. The molecule has 2 nitrogen and oxygen atoms in total. The van der Waals surface area contributed by atoms with Gasteiger partial charge in [-0.2, -0.15) is 0 Å². The summed E-state index contributed by atoms with van der Waals surface area (Å²) in [6.07, 6.45) is 4.06. The molecule has 0 radical (unpaired) electrons. The first-order valence-corrected chi connectivity index (χ1v) is 12.8. The molecule has 168 valence electrons. The van der Waals surface area contributed by atoms with Crippen LogP contribution in [0.4, 0.5) is 0 Å². The molecule has 0 fully saturated rings. The third-order valence-corrected chi connectivity index (χ3v) is 7.84. The van der Waals surface area contributed by atoms with Crippen LogP contribution < -0.4 is 0 Å². The van der Waals surface area contributed by atoms with Gasteiger partial charge in [0.25, 0.3) is 0 Å². The Balaban J connectivity index is 1.93. The van der Waals surface area contributed by atoms with Crippen molar-refractivity contribution in [3.63, 3.8) is 0 Å². The number of hydrogen-bond acceptors (Lipinski definition) is 2. The second-order valence-electron chi connectivity index (χ2n) is 9.92. The molecule has 0 aliphatic heterocycles. The van der Waals surface area contributed by atoms with E-state index in [2.05, 4.69) is 107 Å². The van der Waals surface area contributed by atoms with E-state index in [-0.39, 0.29) is 0 Å². The molecular formula is C30H32N2S. The summed E-state index contributed by atoms with van der Waals surface area (Å²) in [7, 11) is 0. The number of rotatable bonds is 5. The van der Waals surface area contributed by atoms with Crippen LogP contribution >= 0.6 is 11.3 Å². The minimum atomic E-state index is 0.406. The standard InChI is InChI=1S/C30H32N2S/c1-18(2)22-16-24(20(5)6)29-25(17-22)27-26(33-29)13-12-23(19(3)4)28(27)32-15-14-31-30(32)21-10-8-7-9-11-21/h7-20H,1-6H3. The zero-order valence-electron chi connectivity index (χ0n) is 20.4. The van der Waals surface area contributed by atoms with Crippen molar-refractivity contribution in [1.82, 2.24) is 9.55 Å². The van der Waals surface area contributed by atoms with E-state index in [1.807, 2.05) is 17.5 Å². The van der Waals surface area contributed by atoms with Gasteiger partial charge in [0.2, 0.25) is 0 Å². The molecule has 0 spiro atoms. The molecular weight excluding hydrogens is 420 g/mol. The van der Waals surface area contributed by atoms with Gasteiger partial charge in [-0.05, 0) is 46.6 Å². The molecule has 0 N–H and O–H groups in total. The van der Waals surface area contributed by atoms with E-state index in [0.717, 1.165) is 11.4 Å². The molecule has 5 aromatic rings. The van der Waals surface area contributed by atoms with Crippen molar-refractivity contribution >= 4 is 31.5 Å². The number of nitrogens with zero attached hydrogens (tertiary/aromatic N) is 2. The monoisotopic (exact) mass is 452 g/mol. The van der Waals surface area contributed by atoms with Gasteiger partial charge in [0.1, 0.15) is 5.82 Å². The van der Waals surface area contributed by atoms with Crippen LogP contribution in [0.25, 0.3) is 37.2 Å². The SMILES string of the molecule is CC(C)c1cc(C(C)C)c2sc3ccc(C(C)C)c(-n4ccnc4-c4ccccc4)c3c2c1. The predicted molar refractivity (Wildman–Crippen MR) is 144 cm³/mol. The normalized spacial score (nSPS) is 12.2. The van der Waals surface area contributed by atoms with E-state index in [1.165, 1.54) is 42.6 Å². The highest BCUT2D eigenvalue weighted by Crippen LogP contribution is 2.45. The number of benzene rings is 3. The van der Waals surface area contributed by atoms with Gasteiger partial charge >= 0.3 is 0 Å². The maximum Gasteiger partial charge on any atom is 0.144 e. The van der Waals surface area contributed by atoms with Gasteiger partial charge in [-0.25, -0.2) is 4.98 Å². The van der Waals surface area contributed by atoms with E-state index >= 15 is 0 Å². The Morgan fingerprint density at radius 2 is 1.52 bits per heavy atom. The van der Waals surface area contributed by atoms with Crippen LogP contribution in [0.5, 0.6) is 0 Å². The van der Waals surface area contributed by atoms with Gasteiger partial charge in [0.05, 0.1) is 5.69 Å². The molecule has 0 amide bonds. The molecule has 2 heterocycles. The maximum atomic E-state index is 4.79. The Bertz CT molecular complexity index is 1440. The van der Waals surface area contributed by atoms with E-state index in [4.69, 9.17) is 4.98 Å². The lowest BCUT2D eigenvalue weighted by Gasteiger charge is -2.18. The molecule has 0 unspecified atom stereocenters. The summed E-state index contributed by atoms with van der Waals surface area (Å²) in [6, 6.07) is 20.1. The average Bonchev–Trinajstić information content (AvgIpc) is 3.43. The first kappa shape index (κ1) is 21.9. The molecule has 3 heteroatoms. The summed E-state index contributed by atoms with van der Waals surface area (Å²) in [5.74, 6) is 2.38. The predicted octanol–water partition coefficient (Wildman–Crippen LogP) is 9.28. The Morgan fingerprint density at radius 3 is 2.18 bits per heavy atom. The zero-order valence-corrected chi connectivity index (χ0v) is 21.2. The smallest absolute Gasteiger partial charge is 0.144 e. The first-order valence-electron chi connectivity index (χ1n) is 12.0. The summed E-state index contributed by atoms with van der Waals surface area (Å²) < 4.78 is 5.09. The second-order valence-corrected chi connectivity index (χ2v) is 11.0. The molecule has 3 aromatic carbocycles. The average molecular weight is 453 g/mol. The molecule has 0 aliphatic carbocycles.